The number of rotatable bonds is 7. The van der Waals surface area contributed by atoms with Crippen molar-refractivity contribution in [3.8, 4) is 11.5 Å². The van der Waals surface area contributed by atoms with E-state index in [9.17, 15) is 13.2 Å². The van der Waals surface area contributed by atoms with Gasteiger partial charge in [-0.25, -0.2) is 8.42 Å². The van der Waals surface area contributed by atoms with Crippen molar-refractivity contribution in [2.45, 2.75) is 24.3 Å². The summed E-state index contributed by atoms with van der Waals surface area (Å²) in [5, 5.41) is 4.84. The Bertz CT molecular complexity index is 1230. The molecule has 0 aromatic heterocycles. The molecule has 1 heterocycles. The molecule has 0 spiro atoms. The van der Waals surface area contributed by atoms with Gasteiger partial charge in [-0.2, -0.15) is 4.31 Å². The monoisotopic (exact) mass is 468 g/mol. The molecule has 33 heavy (non-hydrogen) atoms. The molecule has 1 amide bonds. The Hall–Kier alpha value is -3.10. The highest BCUT2D eigenvalue weighted by Gasteiger charge is 2.32. The maximum Gasteiger partial charge on any atom is 0.243 e. The van der Waals surface area contributed by atoms with Crippen LogP contribution < -0.4 is 14.8 Å². The van der Waals surface area contributed by atoms with Crippen LogP contribution in [0, 0.1) is 5.92 Å². The molecule has 174 valence electrons. The molecule has 0 aliphatic carbocycles. The van der Waals surface area contributed by atoms with E-state index in [-0.39, 0.29) is 23.3 Å². The van der Waals surface area contributed by atoms with E-state index in [4.69, 9.17) is 9.47 Å². The maximum absolute atomic E-state index is 13.2. The minimum atomic E-state index is -3.61. The van der Waals surface area contributed by atoms with Crippen molar-refractivity contribution in [2.75, 3.05) is 27.3 Å². The molecule has 0 atom stereocenters. The number of amides is 1. The van der Waals surface area contributed by atoms with Gasteiger partial charge in [0.2, 0.25) is 15.9 Å². The summed E-state index contributed by atoms with van der Waals surface area (Å²) in [4.78, 5) is 13.1. The molecule has 1 fully saturated rings. The Labute approximate surface area is 194 Å². The SMILES string of the molecule is COc1cccc(OC)c1CNC(=O)C1CCN(S(=O)(=O)c2ccc3ccccc3c2)CC1. The third-order valence-electron chi connectivity index (χ3n) is 6.15. The fourth-order valence-corrected chi connectivity index (χ4v) is 5.76. The molecule has 0 bridgehead atoms. The van der Waals surface area contributed by atoms with Crippen molar-refractivity contribution in [3.05, 3.63) is 66.2 Å². The lowest BCUT2D eigenvalue weighted by Gasteiger charge is -2.30. The fraction of sp³-hybridized carbons (Fsp3) is 0.320. The van der Waals surface area contributed by atoms with Crippen molar-refractivity contribution in [1.29, 1.82) is 0 Å². The fourth-order valence-electron chi connectivity index (χ4n) is 4.26. The van der Waals surface area contributed by atoms with Crippen LogP contribution in [0.1, 0.15) is 18.4 Å². The third-order valence-corrected chi connectivity index (χ3v) is 8.05. The number of nitrogens with one attached hydrogen (secondary N) is 1. The summed E-state index contributed by atoms with van der Waals surface area (Å²) in [6.07, 6.45) is 0.948. The first-order chi connectivity index (χ1) is 15.9. The number of carbonyl (C=O) groups excluding carboxylic acids is 1. The van der Waals surface area contributed by atoms with Crippen LogP contribution >= 0.6 is 0 Å². The van der Waals surface area contributed by atoms with Gasteiger partial charge in [-0.15, -0.1) is 0 Å². The van der Waals surface area contributed by atoms with Crippen LogP contribution in [0.25, 0.3) is 10.8 Å². The van der Waals surface area contributed by atoms with E-state index < -0.39 is 10.0 Å². The molecule has 1 aliphatic rings. The van der Waals surface area contributed by atoms with Gasteiger partial charge in [0.25, 0.3) is 0 Å². The largest absolute Gasteiger partial charge is 0.496 e. The van der Waals surface area contributed by atoms with Crippen LogP contribution in [-0.2, 0) is 21.4 Å². The van der Waals surface area contributed by atoms with Crippen molar-refractivity contribution in [3.63, 3.8) is 0 Å². The number of piperidine rings is 1. The molecule has 4 rings (SSSR count). The molecule has 1 aliphatic heterocycles. The van der Waals surface area contributed by atoms with Gasteiger partial charge >= 0.3 is 0 Å². The number of hydrogen-bond donors (Lipinski definition) is 1. The second-order valence-corrected chi connectivity index (χ2v) is 9.98. The lowest BCUT2D eigenvalue weighted by Crippen LogP contribution is -2.42. The molecule has 1 N–H and O–H groups in total. The van der Waals surface area contributed by atoms with E-state index >= 15 is 0 Å². The van der Waals surface area contributed by atoms with E-state index in [0.29, 0.717) is 37.4 Å². The number of hydrogen-bond acceptors (Lipinski definition) is 5. The average molecular weight is 469 g/mol. The summed E-state index contributed by atoms with van der Waals surface area (Å²) in [5.74, 6) is 0.955. The van der Waals surface area contributed by atoms with Crippen molar-refractivity contribution >= 4 is 26.7 Å². The van der Waals surface area contributed by atoms with E-state index in [2.05, 4.69) is 5.32 Å². The zero-order valence-electron chi connectivity index (χ0n) is 18.8. The van der Waals surface area contributed by atoms with E-state index in [1.165, 1.54) is 4.31 Å². The lowest BCUT2D eigenvalue weighted by molar-refractivity contribution is -0.126. The molecule has 8 heteroatoms. The quantitative estimate of drug-likeness (QED) is 0.573. The number of benzene rings is 3. The Morgan fingerprint density at radius 2 is 1.58 bits per heavy atom. The van der Waals surface area contributed by atoms with Gasteiger partial charge < -0.3 is 14.8 Å². The van der Waals surface area contributed by atoms with E-state index in [0.717, 1.165) is 16.3 Å². The van der Waals surface area contributed by atoms with Crippen LogP contribution in [0.5, 0.6) is 11.5 Å². The number of nitrogens with zero attached hydrogens (tertiary/aromatic N) is 1. The second kappa shape index (κ2) is 9.80. The standard InChI is InChI=1S/C25H28N2O5S/c1-31-23-8-5-9-24(32-2)22(23)17-26-25(28)19-12-14-27(15-13-19)33(29,30)21-11-10-18-6-3-4-7-20(18)16-21/h3-11,16,19H,12-15,17H2,1-2H3,(H,26,28). The zero-order chi connectivity index (χ0) is 23.4. The zero-order valence-corrected chi connectivity index (χ0v) is 19.6. The molecule has 7 nitrogen and oxygen atoms in total. The molecular formula is C25H28N2O5S. The first kappa shape index (κ1) is 23.1. The average Bonchev–Trinajstić information content (AvgIpc) is 2.86. The Morgan fingerprint density at radius 1 is 0.939 bits per heavy atom. The first-order valence-corrected chi connectivity index (χ1v) is 12.3. The summed E-state index contributed by atoms with van der Waals surface area (Å²) in [6, 6.07) is 18.3. The van der Waals surface area contributed by atoms with Gasteiger partial charge in [0, 0.05) is 19.0 Å². The molecule has 0 saturated carbocycles. The number of methoxy groups -OCH3 is 2. The normalized spacial score (nSPS) is 15.3. The Balaban J connectivity index is 1.38. The van der Waals surface area contributed by atoms with Crippen LogP contribution in [0.15, 0.2) is 65.6 Å². The van der Waals surface area contributed by atoms with Gasteiger partial charge in [0.05, 0.1) is 31.2 Å². The maximum atomic E-state index is 13.2. The minimum absolute atomic E-state index is 0.0919. The number of carbonyl (C=O) groups is 1. The minimum Gasteiger partial charge on any atom is -0.496 e. The lowest BCUT2D eigenvalue weighted by atomic mass is 9.97. The van der Waals surface area contributed by atoms with E-state index in [1.54, 1.807) is 26.4 Å². The van der Waals surface area contributed by atoms with Gasteiger partial charge in [0.1, 0.15) is 11.5 Å². The molecule has 0 radical (unpaired) electrons. The van der Waals surface area contributed by atoms with Crippen molar-refractivity contribution in [2.24, 2.45) is 5.92 Å². The summed E-state index contributed by atoms with van der Waals surface area (Å²) in [6.45, 7) is 0.901. The summed E-state index contributed by atoms with van der Waals surface area (Å²) >= 11 is 0. The Morgan fingerprint density at radius 3 is 2.21 bits per heavy atom. The predicted molar refractivity (Wildman–Crippen MR) is 127 cm³/mol. The smallest absolute Gasteiger partial charge is 0.243 e. The summed E-state index contributed by atoms with van der Waals surface area (Å²) in [5.41, 5.74) is 0.771. The Kier molecular flexibility index (Phi) is 6.85. The predicted octanol–water partition coefficient (Wildman–Crippen LogP) is 3.57. The van der Waals surface area contributed by atoms with Crippen molar-refractivity contribution in [1.82, 2.24) is 9.62 Å². The number of ether oxygens (including phenoxy) is 2. The van der Waals surface area contributed by atoms with Crippen LogP contribution in [0.2, 0.25) is 0 Å². The summed E-state index contributed by atoms with van der Waals surface area (Å²) in [7, 11) is -0.457. The molecule has 3 aromatic rings. The first-order valence-electron chi connectivity index (χ1n) is 10.9. The third kappa shape index (κ3) is 4.82. The van der Waals surface area contributed by atoms with Gasteiger partial charge in [-0.3, -0.25) is 4.79 Å². The van der Waals surface area contributed by atoms with Gasteiger partial charge in [-0.1, -0.05) is 36.4 Å². The molecule has 0 unspecified atom stereocenters. The molecular weight excluding hydrogens is 440 g/mol. The van der Waals surface area contributed by atoms with Crippen molar-refractivity contribution < 1.29 is 22.7 Å². The van der Waals surface area contributed by atoms with Crippen LogP contribution in [0.3, 0.4) is 0 Å². The molecule has 1 saturated heterocycles. The van der Waals surface area contributed by atoms with Crippen LogP contribution in [0.4, 0.5) is 0 Å². The number of sulfonamides is 1. The van der Waals surface area contributed by atoms with Gasteiger partial charge in [-0.05, 0) is 47.9 Å². The van der Waals surface area contributed by atoms with Gasteiger partial charge in [0.15, 0.2) is 0 Å². The highest BCUT2D eigenvalue weighted by molar-refractivity contribution is 7.89. The topological polar surface area (TPSA) is 84.9 Å². The molecule has 3 aromatic carbocycles. The highest BCUT2D eigenvalue weighted by Crippen LogP contribution is 2.29. The highest BCUT2D eigenvalue weighted by atomic mass is 32.2. The summed E-state index contributed by atoms with van der Waals surface area (Å²) < 4.78 is 38.6. The van der Waals surface area contributed by atoms with Crippen LogP contribution in [-0.4, -0.2) is 45.9 Å². The second-order valence-electron chi connectivity index (χ2n) is 8.05. The van der Waals surface area contributed by atoms with E-state index in [1.807, 2.05) is 48.5 Å². The number of fused-ring (bicyclic) bond motifs is 1.